The van der Waals surface area contributed by atoms with Crippen LogP contribution in [0.25, 0.3) is 11.4 Å². The second-order valence-electron chi connectivity index (χ2n) is 6.02. The predicted octanol–water partition coefficient (Wildman–Crippen LogP) is 1.91. The summed E-state index contributed by atoms with van der Waals surface area (Å²) in [7, 11) is 0. The van der Waals surface area contributed by atoms with Gasteiger partial charge >= 0.3 is 0 Å². The number of carbonyl (C=O) groups excluding carboxylic acids is 1. The van der Waals surface area contributed by atoms with E-state index in [1.807, 2.05) is 36.1 Å². The van der Waals surface area contributed by atoms with Crippen molar-refractivity contribution >= 4 is 5.91 Å². The number of likely N-dealkylation sites (tertiary alicyclic amines) is 1. The van der Waals surface area contributed by atoms with Crippen LogP contribution in [0, 0.1) is 12.8 Å². The standard InChI is InChI=1S/C16H21N5O/c1-12-7-9-20(10-8-12)15(22)11-21-18-16(17-19-21)14-6-4-3-5-13(14)2/h3-6,12H,7-11H2,1-2H3. The monoisotopic (exact) mass is 299 g/mol. The highest BCUT2D eigenvalue weighted by molar-refractivity contribution is 5.75. The van der Waals surface area contributed by atoms with E-state index < -0.39 is 0 Å². The molecule has 116 valence electrons. The quantitative estimate of drug-likeness (QED) is 0.868. The molecule has 3 rings (SSSR count). The number of benzene rings is 1. The Balaban J connectivity index is 1.67. The average molecular weight is 299 g/mol. The third-order valence-electron chi connectivity index (χ3n) is 4.25. The summed E-state index contributed by atoms with van der Waals surface area (Å²) in [6.45, 7) is 6.07. The minimum atomic E-state index is 0.0700. The highest BCUT2D eigenvalue weighted by Gasteiger charge is 2.21. The largest absolute Gasteiger partial charge is 0.341 e. The maximum absolute atomic E-state index is 12.3. The number of amides is 1. The van der Waals surface area contributed by atoms with Crippen LogP contribution in [-0.2, 0) is 11.3 Å². The van der Waals surface area contributed by atoms with E-state index in [1.54, 1.807) is 0 Å². The maximum atomic E-state index is 12.3. The Bertz CT molecular complexity index is 658. The molecule has 0 saturated carbocycles. The summed E-state index contributed by atoms with van der Waals surface area (Å²) >= 11 is 0. The molecule has 6 nitrogen and oxygen atoms in total. The normalized spacial score (nSPS) is 16.0. The van der Waals surface area contributed by atoms with Crippen LogP contribution in [0.15, 0.2) is 24.3 Å². The fourth-order valence-corrected chi connectivity index (χ4v) is 2.72. The lowest BCUT2D eigenvalue weighted by atomic mass is 9.99. The Morgan fingerprint density at radius 2 is 2.00 bits per heavy atom. The summed E-state index contributed by atoms with van der Waals surface area (Å²) < 4.78 is 0. The number of nitrogens with zero attached hydrogens (tertiary/aromatic N) is 5. The van der Waals surface area contributed by atoms with Gasteiger partial charge in [-0.15, -0.1) is 10.2 Å². The maximum Gasteiger partial charge on any atom is 0.246 e. The Labute approximate surface area is 130 Å². The molecular weight excluding hydrogens is 278 g/mol. The van der Waals surface area contributed by atoms with Gasteiger partial charge in [-0.2, -0.15) is 4.80 Å². The van der Waals surface area contributed by atoms with Gasteiger partial charge in [-0.1, -0.05) is 31.2 Å². The molecule has 1 aliphatic rings. The lowest BCUT2D eigenvalue weighted by molar-refractivity contribution is -0.133. The minimum absolute atomic E-state index is 0.0700. The van der Waals surface area contributed by atoms with Crippen molar-refractivity contribution in [3.63, 3.8) is 0 Å². The van der Waals surface area contributed by atoms with Gasteiger partial charge in [0.05, 0.1) is 0 Å². The minimum Gasteiger partial charge on any atom is -0.341 e. The second-order valence-corrected chi connectivity index (χ2v) is 6.02. The number of aromatic nitrogens is 4. The summed E-state index contributed by atoms with van der Waals surface area (Å²) in [5, 5.41) is 12.4. The summed E-state index contributed by atoms with van der Waals surface area (Å²) in [6, 6.07) is 7.90. The third kappa shape index (κ3) is 3.16. The highest BCUT2D eigenvalue weighted by Crippen LogP contribution is 2.18. The van der Waals surface area contributed by atoms with Crippen molar-refractivity contribution in [2.75, 3.05) is 13.1 Å². The van der Waals surface area contributed by atoms with Crippen molar-refractivity contribution < 1.29 is 4.79 Å². The van der Waals surface area contributed by atoms with Gasteiger partial charge in [0.15, 0.2) is 0 Å². The molecule has 0 atom stereocenters. The van der Waals surface area contributed by atoms with E-state index >= 15 is 0 Å². The molecule has 0 bridgehead atoms. The molecule has 0 N–H and O–H groups in total. The molecule has 0 spiro atoms. The molecule has 2 heterocycles. The van der Waals surface area contributed by atoms with E-state index in [2.05, 4.69) is 22.3 Å². The van der Waals surface area contributed by atoms with Crippen LogP contribution >= 0.6 is 0 Å². The smallest absolute Gasteiger partial charge is 0.246 e. The SMILES string of the molecule is Cc1ccccc1-c1nnn(CC(=O)N2CCC(C)CC2)n1. The number of piperidine rings is 1. The number of tetrazole rings is 1. The first-order valence-electron chi connectivity index (χ1n) is 7.75. The van der Waals surface area contributed by atoms with Crippen molar-refractivity contribution in [1.29, 1.82) is 0 Å². The van der Waals surface area contributed by atoms with Crippen molar-refractivity contribution in [2.45, 2.75) is 33.2 Å². The molecule has 0 radical (unpaired) electrons. The summed E-state index contributed by atoms with van der Waals surface area (Å²) in [5.41, 5.74) is 2.05. The van der Waals surface area contributed by atoms with Crippen LogP contribution < -0.4 is 0 Å². The number of hydrogen-bond donors (Lipinski definition) is 0. The van der Waals surface area contributed by atoms with Gasteiger partial charge in [-0.05, 0) is 36.5 Å². The Morgan fingerprint density at radius 3 is 2.73 bits per heavy atom. The Hall–Kier alpha value is -2.24. The topological polar surface area (TPSA) is 63.9 Å². The fourth-order valence-electron chi connectivity index (χ4n) is 2.72. The van der Waals surface area contributed by atoms with Gasteiger partial charge < -0.3 is 4.90 Å². The van der Waals surface area contributed by atoms with Crippen LogP contribution in [0.4, 0.5) is 0 Å². The molecule has 1 fully saturated rings. The lowest BCUT2D eigenvalue weighted by Gasteiger charge is -2.30. The number of carbonyl (C=O) groups is 1. The number of hydrogen-bond acceptors (Lipinski definition) is 4. The molecular formula is C16H21N5O. The average Bonchev–Trinajstić information content (AvgIpc) is 2.96. The van der Waals surface area contributed by atoms with E-state index in [4.69, 9.17) is 0 Å². The molecule has 1 aromatic heterocycles. The first kappa shape index (κ1) is 14.7. The molecule has 1 aromatic carbocycles. The molecule has 6 heteroatoms. The Morgan fingerprint density at radius 1 is 1.27 bits per heavy atom. The van der Waals surface area contributed by atoms with Gasteiger partial charge in [0.1, 0.15) is 6.54 Å². The summed E-state index contributed by atoms with van der Waals surface area (Å²) in [6.07, 6.45) is 2.15. The van der Waals surface area contributed by atoms with Crippen molar-refractivity contribution in [1.82, 2.24) is 25.1 Å². The van der Waals surface area contributed by atoms with Gasteiger partial charge in [0.25, 0.3) is 0 Å². The van der Waals surface area contributed by atoms with Crippen molar-refractivity contribution in [3.8, 4) is 11.4 Å². The van der Waals surface area contributed by atoms with Gasteiger partial charge in [0.2, 0.25) is 11.7 Å². The van der Waals surface area contributed by atoms with Crippen LogP contribution in [0.5, 0.6) is 0 Å². The fraction of sp³-hybridized carbons (Fsp3) is 0.500. The number of rotatable bonds is 3. The molecule has 2 aromatic rings. The molecule has 1 amide bonds. The highest BCUT2D eigenvalue weighted by atomic mass is 16.2. The van der Waals surface area contributed by atoms with Crippen LogP contribution in [0.1, 0.15) is 25.3 Å². The van der Waals surface area contributed by atoms with Crippen LogP contribution in [0.3, 0.4) is 0 Å². The van der Waals surface area contributed by atoms with Crippen molar-refractivity contribution in [2.24, 2.45) is 5.92 Å². The zero-order valence-electron chi connectivity index (χ0n) is 13.1. The van der Waals surface area contributed by atoms with Gasteiger partial charge in [-0.3, -0.25) is 4.79 Å². The summed E-state index contributed by atoms with van der Waals surface area (Å²) in [4.78, 5) is 15.6. The van der Waals surface area contributed by atoms with E-state index in [9.17, 15) is 4.79 Å². The van der Waals surface area contributed by atoms with E-state index in [0.29, 0.717) is 11.7 Å². The van der Waals surface area contributed by atoms with E-state index in [1.165, 1.54) is 4.80 Å². The molecule has 22 heavy (non-hydrogen) atoms. The van der Waals surface area contributed by atoms with Gasteiger partial charge in [-0.25, -0.2) is 0 Å². The second kappa shape index (κ2) is 6.25. The predicted molar refractivity (Wildman–Crippen MR) is 83.0 cm³/mol. The first-order chi connectivity index (χ1) is 10.6. The lowest BCUT2D eigenvalue weighted by Crippen LogP contribution is -2.40. The molecule has 0 unspecified atom stereocenters. The van der Waals surface area contributed by atoms with E-state index in [0.717, 1.165) is 37.1 Å². The zero-order valence-corrected chi connectivity index (χ0v) is 13.1. The van der Waals surface area contributed by atoms with Crippen LogP contribution in [-0.4, -0.2) is 44.1 Å². The third-order valence-corrected chi connectivity index (χ3v) is 4.25. The van der Waals surface area contributed by atoms with Crippen LogP contribution in [0.2, 0.25) is 0 Å². The zero-order chi connectivity index (χ0) is 15.5. The summed E-state index contributed by atoms with van der Waals surface area (Å²) in [5.74, 6) is 1.35. The first-order valence-corrected chi connectivity index (χ1v) is 7.75. The number of aryl methyl sites for hydroxylation is 1. The van der Waals surface area contributed by atoms with E-state index in [-0.39, 0.29) is 12.5 Å². The molecule has 1 aliphatic heterocycles. The van der Waals surface area contributed by atoms with Crippen molar-refractivity contribution in [3.05, 3.63) is 29.8 Å². The molecule has 1 saturated heterocycles. The molecule has 0 aliphatic carbocycles. The van der Waals surface area contributed by atoms with Gasteiger partial charge in [0, 0.05) is 18.7 Å². The Kier molecular flexibility index (Phi) is 4.18.